The Balaban J connectivity index is 1.08. The highest BCUT2D eigenvalue weighted by Gasteiger charge is 2.25. The summed E-state index contributed by atoms with van der Waals surface area (Å²) < 4.78 is 16.9. The van der Waals surface area contributed by atoms with Crippen LogP contribution < -0.4 is 10.6 Å². The normalized spacial score (nSPS) is 12.9. The largest absolute Gasteiger partial charge is 0.346 e. The molecule has 3 N–H and O–H groups in total. The van der Waals surface area contributed by atoms with Gasteiger partial charge in [0.05, 0.1) is 17.9 Å². The van der Waals surface area contributed by atoms with E-state index in [0.717, 1.165) is 29.1 Å². The number of aromatic nitrogens is 8. The van der Waals surface area contributed by atoms with E-state index in [-0.39, 0.29) is 18.1 Å². The molecule has 1 amide bonds. The highest BCUT2D eigenvalue weighted by molar-refractivity contribution is 5.92. The first-order valence-corrected chi connectivity index (χ1v) is 13.5. The van der Waals surface area contributed by atoms with Gasteiger partial charge < -0.3 is 10.6 Å². The first-order valence-electron chi connectivity index (χ1n) is 13.5. The molecule has 0 saturated heterocycles. The number of H-pyrrole nitrogens is 1. The summed E-state index contributed by atoms with van der Waals surface area (Å²) in [5.41, 5.74) is 4.50. The number of hydrogen-bond acceptors (Lipinski definition) is 8. The van der Waals surface area contributed by atoms with E-state index in [2.05, 4.69) is 51.9 Å². The van der Waals surface area contributed by atoms with Crippen molar-refractivity contribution >= 4 is 17.5 Å². The van der Waals surface area contributed by atoms with E-state index >= 15 is 0 Å². The van der Waals surface area contributed by atoms with Crippen molar-refractivity contribution in [3.8, 4) is 11.4 Å². The smallest absolute Gasteiger partial charge is 0.273 e. The molecule has 1 saturated carbocycles. The summed E-state index contributed by atoms with van der Waals surface area (Å²) in [6.45, 7) is 4.60. The minimum atomic E-state index is -0.766. The number of nitrogens with zero attached hydrogens (tertiary/aromatic N) is 7. The molecule has 1 aliphatic rings. The summed E-state index contributed by atoms with van der Waals surface area (Å²) in [6, 6.07) is 10.7. The average molecular weight is 553 g/mol. The van der Waals surface area contributed by atoms with E-state index in [4.69, 9.17) is 0 Å². The fraction of sp³-hybridized carbons (Fsp3) is 0.276. The topological polar surface area (TPSA) is 139 Å². The van der Waals surface area contributed by atoms with Crippen LogP contribution in [0.2, 0.25) is 0 Å². The highest BCUT2D eigenvalue weighted by Crippen LogP contribution is 2.38. The Morgan fingerprint density at radius 1 is 1.10 bits per heavy atom. The van der Waals surface area contributed by atoms with Crippen LogP contribution in [0.4, 0.5) is 16.0 Å². The minimum absolute atomic E-state index is 0.186. The van der Waals surface area contributed by atoms with Crippen molar-refractivity contribution in [3.63, 3.8) is 0 Å². The van der Waals surface area contributed by atoms with E-state index in [1.807, 2.05) is 42.9 Å². The summed E-state index contributed by atoms with van der Waals surface area (Å²) in [5.74, 6) is 0.627. The maximum atomic E-state index is 15.0. The Hall–Kier alpha value is -5.00. The molecule has 0 bridgehead atoms. The van der Waals surface area contributed by atoms with Crippen molar-refractivity contribution < 1.29 is 9.18 Å². The van der Waals surface area contributed by atoms with Crippen molar-refractivity contribution in [2.75, 3.05) is 5.32 Å². The molecule has 1 fully saturated rings. The maximum absolute atomic E-state index is 15.0. The van der Waals surface area contributed by atoms with Gasteiger partial charge in [-0.15, -0.1) is 0 Å². The summed E-state index contributed by atoms with van der Waals surface area (Å²) in [7, 11) is 0. The van der Waals surface area contributed by atoms with Gasteiger partial charge in [0.15, 0.2) is 23.2 Å². The zero-order valence-electron chi connectivity index (χ0n) is 22.7. The van der Waals surface area contributed by atoms with Gasteiger partial charge in [-0.3, -0.25) is 19.6 Å². The van der Waals surface area contributed by atoms with E-state index in [1.165, 1.54) is 25.1 Å². The number of anilines is 2. The molecule has 12 heteroatoms. The molecule has 0 spiro atoms. The standard InChI is InChI=1S/C29H29FN10O/c1-3-21-12-26(38-37-21)35-25-10-17(2)34-28(36-25)20-11-23(30)27(32-15-20)29(41)33-14-18-4-7-22(31-13-18)16-40-9-8-24(39-40)19-5-6-19/h4,7-13,15,19H,3,5-6,14,16H2,1-2H3,(H,33,41)(H2,34,35,36,37,38). The van der Waals surface area contributed by atoms with Crippen molar-refractivity contribution in [2.24, 2.45) is 0 Å². The van der Waals surface area contributed by atoms with Crippen molar-refractivity contribution in [1.29, 1.82) is 0 Å². The van der Waals surface area contributed by atoms with Crippen molar-refractivity contribution in [1.82, 2.24) is 45.2 Å². The van der Waals surface area contributed by atoms with Crippen LogP contribution in [0, 0.1) is 12.7 Å². The van der Waals surface area contributed by atoms with Crippen LogP contribution in [0.15, 0.2) is 55.0 Å². The third kappa shape index (κ3) is 6.26. The lowest BCUT2D eigenvalue weighted by Gasteiger charge is -2.09. The molecule has 208 valence electrons. The van der Waals surface area contributed by atoms with Gasteiger partial charge in [0.25, 0.3) is 5.91 Å². The highest BCUT2D eigenvalue weighted by atomic mass is 19.1. The minimum Gasteiger partial charge on any atom is -0.346 e. The lowest BCUT2D eigenvalue weighted by atomic mass is 10.2. The number of carbonyl (C=O) groups is 1. The van der Waals surface area contributed by atoms with E-state index < -0.39 is 11.7 Å². The molecule has 11 nitrogen and oxygen atoms in total. The van der Waals surface area contributed by atoms with Crippen LogP contribution in [-0.2, 0) is 19.5 Å². The predicted octanol–water partition coefficient (Wildman–Crippen LogP) is 4.46. The quantitative estimate of drug-likeness (QED) is 0.231. The van der Waals surface area contributed by atoms with Gasteiger partial charge in [0.1, 0.15) is 5.82 Å². The first-order chi connectivity index (χ1) is 19.9. The number of pyridine rings is 2. The summed E-state index contributed by atoms with van der Waals surface area (Å²) in [4.78, 5) is 30.1. The molecule has 41 heavy (non-hydrogen) atoms. The van der Waals surface area contributed by atoms with Gasteiger partial charge in [0, 0.05) is 60.1 Å². The molecule has 0 unspecified atom stereocenters. The van der Waals surface area contributed by atoms with Gasteiger partial charge >= 0.3 is 0 Å². The fourth-order valence-electron chi connectivity index (χ4n) is 4.37. The number of nitrogens with one attached hydrogen (secondary N) is 3. The zero-order chi connectivity index (χ0) is 28.3. The van der Waals surface area contributed by atoms with Crippen LogP contribution >= 0.6 is 0 Å². The van der Waals surface area contributed by atoms with Gasteiger partial charge in [0.2, 0.25) is 0 Å². The SMILES string of the molecule is CCc1cc(Nc2cc(C)nc(-c3cnc(C(=O)NCc4ccc(Cn5ccc(C6CC6)n5)nc4)c(F)c3)n2)n[nH]1. The van der Waals surface area contributed by atoms with Crippen LogP contribution in [0.5, 0.6) is 0 Å². The third-order valence-corrected chi connectivity index (χ3v) is 6.76. The molecule has 0 aromatic carbocycles. The molecule has 0 aliphatic heterocycles. The Kier molecular flexibility index (Phi) is 7.19. The van der Waals surface area contributed by atoms with Crippen LogP contribution in [0.25, 0.3) is 11.4 Å². The Morgan fingerprint density at radius 2 is 1.98 bits per heavy atom. The molecule has 5 aromatic rings. The second kappa shape index (κ2) is 11.2. The molecule has 1 aliphatic carbocycles. The molecule has 0 radical (unpaired) electrons. The molecular weight excluding hydrogens is 523 g/mol. The van der Waals surface area contributed by atoms with Crippen LogP contribution in [0.3, 0.4) is 0 Å². The predicted molar refractivity (Wildman–Crippen MR) is 150 cm³/mol. The second-order valence-electron chi connectivity index (χ2n) is 10.1. The fourth-order valence-corrected chi connectivity index (χ4v) is 4.37. The maximum Gasteiger partial charge on any atom is 0.273 e. The second-order valence-corrected chi connectivity index (χ2v) is 10.1. The number of hydrogen-bond donors (Lipinski definition) is 3. The van der Waals surface area contributed by atoms with E-state index in [0.29, 0.717) is 35.4 Å². The van der Waals surface area contributed by atoms with Crippen molar-refractivity contribution in [2.45, 2.75) is 52.1 Å². The third-order valence-electron chi connectivity index (χ3n) is 6.76. The van der Waals surface area contributed by atoms with Gasteiger partial charge in [-0.1, -0.05) is 13.0 Å². The molecule has 6 rings (SSSR count). The van der Waals surface area contributed by atoms with Crippen LogP contribution in [-0.4, -0.2) is 45.8 Å². The molecular formula is C29H29FN10O. The molecule has 0 atom stereocenters. The zero-order valence-corrected chi connectivity index (χ0v) is 22.7. The number of halogens is 1. The number of rotatable bonds is 10. The number of carbonyl (C=O) groups excluding carboxylic acids is 1. The summed E-state index contributed by atoms with van der Waals surface area (Å²) in [5, 5.41) is 17.6. The molecule has 5 aromatic heterocycles. The lowest BCUT2D eigenvalue weighted by Crippen LogP contribution is -2.25. The summed E-state index contributed by atoms with van der Waals surface area (Å²) >= 11 is 0. The van der Waals surface area contributed by atoms with E-state index in [1.54, 1.807) is 12.3 Å². The first kappa shape index (κ1) is 26.2. The number of aromatic amines is 1. The lowest BCUT2D eigenvalue weighted by molar-refractivity contribution is 0.0941. The van der Waals surface area contributed by atoms with Crippen LogP contribution in [0.1, 0.15) is 64.5 Å². The Morgan fingerprint density at radius 3 is 2.71 bits per heavy atom. The Bertz CT molecular complexity index is 1690. The van der Waals surface area contributed by atoms with Gasteiger partial charge in [-0.25, -0.2) is 19.3 Å². The number of amides is 1. The Labute approximate surface area is 235 Å². The summed E-state index contributed by atoms with van der Waals surface area (Å²) in [6.07, 6.45) is 8.31. The monoisotopic (exact) mass is 552 g/mol. The van der Waals surface area contributed by atoms with E-state index in [9.17, 15) is 9.18 Å². The van der Waals surface area contributed by atoms with Gasteiger partial charge in [-0.2, -0.15) is 10.2 Å². The molecule has 5 heterocycles. The average Bonchev–Trinajstić information content (AvgIpc) is 3.55. The van der Waals surface area contributed by atoms with Gasteiger partial charge in [-0.05, 0) is 49.9 Å². The van der Waals surface area contributed by atoms with Crippen molar-refractivity contribution in [3.05, 3.63) is 94.8 Å². The number of aryl methyl sites for hydroxylation is 2.